The van der Waals surface area contributed by atoms with E-state index in [1.807, 2.05) is 0 Å². The van der Waals surface area contributed by atoms with Crippen LogP contribution in [0.5, 0.6) is 5.75 Å². The summed E-state index contributed by atoms with van der Waals surface area (Å²) < 4.78 is 0. The monoisotopic (exact) mass is 354 g/mol. The summed E-state index contributed by atoms with van der Waals surface area (Å²) in [7, 11) is 0. The first-order valence-electron chi connectivity index (χ1n) is 7.35. The van der Waals surface area contributed by atoms with Crippen LogP contribution in [-0.4, -0.2) is 27.3 Å². The summed E-state index contributed by atoms with van der Waals surface area (Å²) in [6, 6.07) is 11.2. The molecule has 0 aliphatic carbocycles. The van der Waals surface area contributed by atoms with Gasteiger partial charge < -0.3 is 15.5 Å². The molecule has 6 nitrogen and oxygen atoms in total. The number of carbonyl (C=O) groups is 2. The van der Waals surface area contributed by atoms with Crippen LogP contribution in [0.4, 0.5) is 5.69 Å². The van der Waals surface area contributed by atoms with Gasteiger partial charge in [0.2, 0.25) is 0 Å². The summed E-state index contributed by atoms with van der Waals surface area (Å²) in [5.74, 6) is -1.24. The quantitative estimate of drug-likeness (QED) is 0.735. The number of rotatable bonds is 3. The van der Waals surface area contributed by atoms with Gasteiger partial charge in [-0.1, -0.05) is 18.2 Å². The number of nitrogens with one attached hydrogen (secondary N) is 1. The Labute approximate surface area is 147 Å². The van der Waals surface area contributed by atoms with E-state index in [4.69, 9.17) is 0 Å². The molecule has 1 heterocycles. The average Bonchev–Trinajstić information content (AvgIpc) is 2.90. The fourth-order valence-corrected chi connectivity index (χ4v) is 3.14. The Hall–Kier alpha value is -3.06. The largest absolute Gasteiger partial charge is 0.508 e. The second kappa shape index (κ2) is 6.82. The lowest BCUT2D eigenvalue weighted by Crippen LogP contribution is -2.19. The molecule has 0 spiro atoms. The van der Waals surface area contributed by atoms with E-state index in [1.54, 1.807) is 37.3 Å². The summed E-state index contributed by atoms with van der Waals surface area (Å²) in [5.41, 5.74) is 1.99. The minimum atomic E-state index is -1.05. The van der Waals surface area contributed by atoms with E-state index in [0.29, 0.717) is 21.3 Å². The van der Waals surface area contributed by atoms with E-state index < -0.39 is 5.97 Å². The number of amides is 1. The normalized spacial score (nSPS) is 17.1. The molecule has 1 aliphatic heterocycles. The Bertz CT molecular complexity index is 934. The van der Waals surface area contributed by atoms with E-state index in [-0.39, 0.29) is 17.2 Å². The molecule has 1 fully saturated rings. The van der Waals surface area contributed by atoms with Gasteiger partial charge in [-0.15, -0.1) is 0 Å². The van der Waals surface area contributed by atoms with Crippen LogP contribution in [0, 0.1) is 6.92 Å². The van der Waals surface area contributed by atoms with Crippen LogP contribution in [-0.2, 0) is 4.79 Å². The Kier molecular flexibility index (Phi) is 4.58. The van der Waals surface area contributed by atoms with Crippen molar-refractivity contribution < 1.29 is 19.8 Å². The molecular formula is C18H14N2O4S. The van der Waals surface area contributed by atoms with Crippen molar-refractivity contribution in [1.82, 2.24) is 5.32 Å². The molecule has 7 heteroatoms. The van der Waals surface area contributed by atoms with Gasteiger partial charge in [0.25, 0.3) is 5.91 Å². The molecule has 2 aromatic carbocycles. The Morgan fingerprint density at radius 2 is 2.00 bits per heavy atom. The lowest BCUT2D eigenvalue weighted by Gasteiger charge is -2.02. The van der Waals surface area contributed by atoms with Crippen molar-refractivity contribution in [2.75, 3.05) is 0 Å². The maximum absolute atomic E-state index is 12.1. The highest BCUT2D eigenvalue weighted by Gasteiger charge is 2.24. The molecule has 25 heavy (non-hydrogen) atoms. The maximum atomic E-state index is 12.1. The highest BCUT2D eigenvalue weighted by Crippen LogP contribution is 2.30. The van der Waals surface area contributed by atoms with Crippen LogP contribution in [0.1, 0.15) is 21.5 Å². The molecule has 0 atom stereocenters. The first kappa shape index (κ1) is 16.8. The van der Waals surface area contributed by atoms with E-state index in [9.17, 15) is 19.8 Å². The van der Waals surface area contributed by atoms with Crippen LogP contribution in [0.2, 0.25) is 0 Å². The average molecular weight is 354 g/mol. The molecule has 1 amide bonds. The first-order valence-corrected chi connectivity index (χ1v) is 8.17. The minimum absolute atomic E-state index is 0.128. The number of phenols is 1. The number of hydrogen-bond donors (Lipinski definition) is 3. The molecule has 2 aromatic rings. The lowest BCUT2D eigenvalue weighted by atomic mass is 10.1. The number of aliphatic imine (C=N–C) groups is 1. The van der Waals surface area contributed by atoms with Gasteiger partial charge in [0, 0.05) is 0 Å². The summed E-state index contributed by atoms with van der Waals surface area (Å²) >= 11 is 1.14. The summed E-state index contributed by atoms with van der Waals surface area (Å²) in [4.78, 5) is 28.1. The molecule has 0 saturated carbocycles. The van der Waals surface area contributed by atoms with Crippen molar-refractivity contribution in [3.63, 3.8) is 0 Å². The van der Waals surface area contributed by atoms with E-state index >= 15 is 0 Å². The highest BCUT2D eigenvalue weighted by atomic mass is 32.2. The SMILES string of the molecule is Cc1cc(O)ccc1N=C1NC(=O)/C(=C\c2ccccc2C(=O)O)S1. The Morgan fingerprint density at radius 3 is 2.72 bits per heavy atom. The van der Waals surface area contributed by atoms with Gasteiger partial charge in [-0.05, 0) is 60.2 Å². The van der Waals surface area contributed by atoms with E-state index in [2.05, 4.69) is 10.3 Å². The van der Waals surface area contributed by atoms with Gasteiger partial charge in [-0.2, -0.15) is 0 Å². The number of carboxylic acid groups (broad SMARTS) is 1. The van der Waals surface area contributed by atoms with Gasteiger partial charge in [0.05, 0.1) is 16.2 Å². The van der Waals surface area contributed by atoms with Crippen LogP contribution in [0.25, 0.3) is 6.08 Å². The van der Waals surface area contributed by atoms with E-state index in [1.165, 1.54) is 18.2 Å². The van der Waals surface area contributed by atoms with Crippen LogP contribution < -0.4 is 5.32 Å². The van der Waals surface area contributed by atoms with Crippen molar-refractivity contribution in [3.8, 4) is 5.75 Å². The zero-order valence-electron chi connectivity index (χ0n) is 13.2. The fraction of sp³-hybridized carbons (Fsp3) is 0.0556. The third-order valence-corrected chi connectivity index (χ3v) is 4.44. The number of nitrogens with zero attached hydrogens (tertiary/aromatic N) is 1. The van der Waals surface area contributed by atoms with Crippen molar-refractivity contribution in [3.05, 3.63) is 64.1 Å². The molecule has 0 unspecified atom stereocenters. The molecule has 0 radical (unpaired) electrons. The van der Waals surface area contributed by atoms with Gasteiger partial charge >= 0.3 is 5.97 Å². The topological polar surface area (TPSA) is 99.0 Å². The van der Waals surface area contributed by atoms with Crippen molar-refractivity contribution in [1.29, 1.82) is 0 Å². The molecular weight excluding hydrogens is 340 g/mol. The van der Waals surface area contributed by atoms with Gasteiger partial charge in [0.1, 0.15) is 5.75 Å². The molecule has 3 rings (SSSR count). The molecule has 0 bridgehead atoms. The van der Waals surface area contributed by atoms with Crippen molar-refractivity contribution >= 4 is 40.6 Å². The van der Waals surface area contributed by atoms with E-state index in [0.717, 1.165) is 17.3 Å². The molecule has 0 aromatic heterocycles. The number of carbonyl (C=O) groups excluding carboxylic acids is 1. The van der Waals surface area contributed by atoms with Crippen molar-refractivity contribution in [2.45, 2.75) is 6.92 Å². The number of amidine groups is 1. The third-order valence-electron chi connectivity index (χ3n) is 3.53. The zero-order chi connectivity index (χ0) is 18.0. The molecule has 1 aliphatic rings. The maximum Gasteiger partial charge on any atom is 0.336 e. The smallest absolute Gasteiger partial charge is 0.336 e. The fourth-order valence-electron chi connectivity index (χ4n) is 2.31. The molecule has 126 valence electrons. The minimum Gasteiger partial charge on any atom is -0.508 e. The Balaban J connectivity index is 1.90. The molecule has 1 saturated heterocycles. The summed E-state index contributed by atoms with van der Waals surface area (Å²) in [5, 5.41) is 21.7. The predicted octanol–water partition coefficient (Wildman–Crippen LogP) is 3.29. The first-order chi connectivity index (χ1) is 11.9. The second-order valence-corrected chi connectivity index (χ2v) is 6.38. The standard InChI is InChI=1S/C18H14N2O4S/c1-10-8-12(21)6-7-14(10)19-18-20-16(22)15(25-18)9-11-4-2-3-5-13(11)17(23)24/h2-9,21H,1H3,(H,23,24)(H,19,20,22)/b15-9+. The predicted molar refractivity (Wildman–Crippen MR) is 97.1 cm³/mol. The van der Waals surface area contributed by atoms with Gasteiger partial charge in [0.15, 0.2) is 5.17 Å². The zero-order valence-corrected chi connectivity index (χ0v) is 14.0. The summed E-state index contributed by atoms with van der Waals surface area (Å²) in [6.07, 6.45) is 1.54. The second-order valence-electron chi connectivity index (χ2n) is 5.34. The Morgan fingerprint density at radius 1 is 1.24 bits per heavy atom. The van der Waals surface area contributed by atoms with Crippen molar-refractivity contribution in [2.24, 2.45) is 4.99 Å². The number of phenolic OH excluding ortho intramolecular Hbond substituents is 1. The van der Waals surface area contributed by atoms with Crippen LogP contribution in [0.3, 0.4) is 0 Å². The number of hydrogen-bond acceptors (Lipinski definition) is 5. The van der Waals surface area contributed by atoms with Crippen LogP contribution >= 0.6 is 11.8 Å². The molecule has 3 N–H and O–H groups in total. The van der Waals surface area contributed by atoms with Gasteiger partial charge in [-0.25, -0.2) is 9.79 Å². The van der Waals surface area contributed by atoms with Crippen LogP contribution in [0.15, 0.2) is 52.4 Å². The lowest BCUT2D eigenvalue weighted by molar-refractivity contribution is -0.115. The number of aromatic hydroxyl groups is 1. The van der Waals surface area contributed by atoms with Gasteiger partial charge in [-0.3, -0.25) is 4.79 Å². The summed E-state index contributed by atoms with van der Waals surface area (Å²) in [6.45, 7) is 1.81. The number of aryl methyl sites for hydroxylation is 1. The highest BCUT2D eigenvalue weighted by molar-refractivity contribution is 8.18. The number of aromatic carboxylic acids is 1. The third kappa shape index (κ3) is 3.72. The number of thioether (sulfide) groups is 1. The number of carboxylic acids is 1. The number of benzene rings is 2.